The number of hydrogen-bond donors (Lipinski definition) is 1. The lowest BCUT2D eigenvalue weighted by Crippen LogP contribution is -2.44. The van der Waals surface area contributed by atoms with Gasteiger partial charge >= 0.3 is 12.1 Å². The van der Waals surface area contributed by atoms with E-state index in [9.17, 15) is 18.0 Å². The molecule has 0 saturated carbocycles. The second-order valence-corrected chi connectivity index (χ2v) is 8.36. The Bertz CT molecular complexity index is 781. The summed E-state index contributed by atoms with van der Waals surface area (Å²) in [5.41, 5.74) is 0.489. The van der Waals surface area contributed by atoms with E-state index in [-0.39, 0.29) is 0 Å². The van der Waals surface area contributed by atoms with Crippen molar-refractivity contribution in [2.75, 3.05) is 38.1 Å². The van der Waals surface area contributed by atoms with Gasteiger partial charge in [-0.3, -0.25) is 4.79 Å². The summed E-state index contributed by atoms with van der Waals surface area (Å²) >= 11 is 1.38. The Labute approximate surface area is 167 Å². The van der Waals surface area contributed by atoms with Crippen molar-refractivity contribution >= 4 is 33.1 Å². The molecule has 1 aliphatic rings. The minimum absolute atomic E-state index is 0.303. The van der Waals surface area contributed by atoms with Crippen LogP contribution in [0, 0.1) is 5.92 Å². The van der Waals surface area contributed by atoms with E-state index in [1.165, 1.54) is 23.5 Å². The van der Waals surface area contributed by atoms with Crippen molar-refractivity contribution in [2.45, 2.75) is 32.9 Å². The molecule has 156 valence electrons. The summed E-state index contributed by atoms with van der Waals surface area (Å²) < 4.78 is 38.8. The van der Waals surface area contributed by atoms with Gasteiger partial charge in [-0.1, -0.05) is 19.9 Å². The van der Waals surface area contributed by atoms with Gasteiger partial charge in [0.2, 0.25) is 0 Å². The van der Waals surface area contributed by atoms with Crippen LogP contribution in [0.5, 0.6) is 0 Å². The van der Waals surface area contributed by atoms with Gasteiger partial charge in [0, 0.05) is 48.1 Å². The number of hydrogen-bond acceptors (Lipinski definition) is 4. The molecule has 0 aliphatic carbocycles. The summed E-state index contributed by atoms with van der Waals surface area (Å²) in [6, 6.07) is 4.02. The number of likely N-dealkylation sites (N-methyl/N-ethyl adjacent to an activating group) is 1. The number of carboxylic acid groups (broad SMARTS) is 1. The number of carbonyl (C=O) groups is 1. The molecule has 4 nitrogen and oxygen atoms in total. The Morgan fingerprint density at radius 2 is 1.86 bits per heavy atom. The molecule has 1 saturated heterocycles. The minimum atomic E-state index is -4.27. The SMILES string of the molecule is CC(C)CCC(=O)O.CN1CCN(c2csc3cc(C(F)(F)F)ccc23)CC1. The normalized spacial score (nSPS) is 15.6. The van der Waals surface area contributed by atoms with E-state index in [1.54, 1.807) is 6.07 Å². The van der Waals surface area contributed by atoms with Gasteiger partial charge in [0.25, 0.3) is 0 Å². The molecular weight excluding hydrogens is 389 g/mol. The van der Waals surface area contributed by atoms with E-state index in [4.69, 9.17) is 5.11 Å². The Morgan fingerprint density at radius 1 is 1.21 bits per heavy atom. The van der Waals surface area contributed by atoms with Gasteiger partial charge in [-0.25, -0.2) is 0 Å². The zero-order chi connectivity index (χ0) is 20.9. The highest BCUT2D eigenvalue weighted by molar-refractivity contribution is 7.17. The second kappa shape index (κ2) is 9.60. The van der Waals surface area contributed by atoms with Crippen molar-refractivity contribution in [2.24, 2.45) is 5.92 Å². The number of piperazine rings is 1. The fourth-order valence-corrected chi connectivity index (χ4v) is 3.90. The zero-order valence-electron chi connectivity index (χ0n) is 16.4. The molecule has 0 bridgehead atoms. The van der Waals surface area contributed by atoms with Gasteiger partial charge in [-0.15, -0.1) is 11.3 Å². The van der Waals surface area contributed by atoms with Crippen LogP contribution in [-0.4, -0.2) is 49.2 Å². The van der Waals surface area contributed by atoms with E-state index in [0.29, 0.717) is 17.0 Å². The molecule has 8 heteroatoms. The monoisotopic (exact) mass is 416 g/mol. The summed E-state index contributed by atoms with van der Waals surface area (Å²) in [4.78, 5) is 14.4. The molecule has 1 aromatic carbocycles. The minimum Gasteiger partial charge on any atom is -0.481 e. The van der Waals surface area contributed by atoms with Crippen molar-refractivity contribution in [3.63, 3.8) is 0 Å². The molecule has 28 heavy (non-hydrogen) atoms. The topological polar surface area (TPSA) is 43.8 Å². The van der Waals surface area contributed by atoms with Crippen LogP contribution in [0.2, 0.25) is 0 Å². The number of benzene rings is 1. The number of anilines is 1. The predicted molar refractivity (Wildman–Crippen MR) is 108 cm³/mol. The number of thiophene rings is 1. The third-order valence-electron chi connectivity index (χ3n) is 4.66. The molecule has 2 aromatic rings. The maximum Gasteiger partial charge on any atom is 0.416 e. The van der Waals surface area contributed by atoms with E-state index in [2.05, 4.69) is 16.8 Å². The van der Waals surface area contributed by atoms with E-state index in [0.717, 1.165) is 43.7 Å². The van der Waals surface area contributed by atoms with Crippen LogP contribution in [0.4, 0.5) is 18.9 Å². The molecule has 3 rings (SSSR count). The number of nitrogens with zero attached hydrogens (tertiary/aromatic N) is 2. The molecule has 0 atom stereocenters. The standard InChI is InChI=1S/C14H15F3N2S.C6H12O2/c1-18-4-6-19(7-5-18)12-9-20-13-8-10(14(15,16)17)2-3-11(12)13;1-5(2)3-4-6(7)8/h2-3,8-9H,4-7H2,1H3;5H,3-4H2,1-2H3,(H,7,8). The maximum absolute atomic E-state index is 12.7. The van der Waals surface area contributed by atoms with Gasteiger partial charge < -0.3 is 14.9 Å². The number of rotatable bonds is 4. The average molecular weight is 417 g/mol. The highest BCUT2D eigenvalue weighted by Crippen LogP contribution is 2.38. The maximum atomic E-state index is 12.7. The molecule has 1 aromatic heterocycles. The Balaban J connectivity index is 0.000000300. The van der Waals surface area contributed by atoms with Crippen LogP contribution in [-0.2, 0) is 11.0 Å². The molecule has 0 radical (unpaired) electrons. The second-order valence-electron chi connectivity index (χ2n) is 7.45. The lowest BCUT2D eigenvalue weighted by atomic mass is 10.1. The molecule has 0 amide bonds. The van der Waals surface area contributed by atoms with E-state index < -0.39 is 17.7 Å². The van der Waals surface area contributed by atoms with Crippen LogP contribution in [0.15, 0.2) is 23.6 Å². The first-order valence-electron chi connectivity index (χ1n) is 9.31. The summed E-state index contributed by atoms with van der Waals surface area (Å²) in [6.07, 6.45) is -3.18. The highest BCUT2D eigenvalue weighted by Gasteiger charge is 2.31. The van der Waals surface area contributed by atoms with Crippen molar-refractivity contribution in [3.05, 3.63) is 29.1 Å². The quantitative estimate of drug-likeness (QED) is 0.746. The first kappa shape index (κ1) is 22.5. The van der Waals surface area contributed by atoms with Crippen molar-refractivity contribution in [3.8, 4) is 0 Å². The zero-order valence-corrected chi connectivity index (χ0v) is 17.2. The number of alkyl halides is 3. The first-order chi connectivity index (χ1) is 13.1. The van der Waals surface area contributed by atoms with E-state index in [1.807, 2.05) is 19.2 Å². The van der Waals surface area contributed by atoms with Crippen LogP contribution in [0.3, 0.4) is 0 Å². The third kappa shape index (κ3) is 6.38. The fourth-order valence-electron chi connectivity index (χ4n) is 2.89. The van der Waals surface area contributed by atoms with E-state index >= 15 is 0 Å². The molecule has 2 heterocycles. The molecular formula is C20H27F3N2O2S. The number of halogens is 3. The van der Waals surface area contributed by atoms with Gasteiger partial charge in [0.05, 0.1) is 11.3 Å². The lowest BCUT2D eigenvalue weighted by Gasteiger charge is -2.33. The number of fused-ring (bicyclic) bond motifs is 1. The van der Waals surface area contributed by atoms with Gasteiger partial charge in [0.1, 0.15) is 0 Å². The largest absolute Gasteiger partial charge is 0.481 e. The van der Waals surface area contributed by atoms with Gasteiger partial charge in [0.15, 0.2) is 0 Å². The highest BCUT2D eigenvalue weighted by atomic mass is 32.1. The van der Waals surface area contributed by atoms with Crippen LogP contribution >= 0.6 is 11.3 Å². The molecule has 1 N–H and O–H groups in total. The van der Waals surface area contributed by atoms with Gasteiger partial charge in [-0.2, -0.15) is 13.2 Å². The lowest BCUT2D eigenvalue weighted by molar-refractivity contribution is -0.138. The van der Waals surface area contributed by atoms with Crippen LogP contribution in [0.1, 0.15) is 32.3 Å². The first-order valence-corrected chi connectivity index (χ1v) is 10.2. The molecule has 1 fully saturated rings. The van der Waals surface area contributed by atoms with Crippen LogP contribution < -0.4 is 4.90 Å². The Hall–Kier alpha value is -1.80. The number of carboxylic acids is 1. The molecule has 0 spiro atoms. The number of aliphatic carboxylic acids is 1. The summed E-state index contributed by atoms with van der Waals surface area (Å²) in [6.45, 7) is 7.84. The summed E-state index contributed by atoms with van der Waals surface area (Å²) in [5.74, 6) is -0.190. The smallest absolute Gasteiger partial charge is 0.416 e. The fraction of sp³-hybridized carbons (Fsp3) is 0.550. The van der Waals surface area contributed by atoms with Crippen molar-refractivity contribution in [1.82, 2.24) is 4.90 Å². The predicted octanol–water partition coefficient (Wildman–Crippen LogP) is 5.18. The Morgan fingerprint density at radius 3 is 2.36 bits per heavy atom. The third-order valence-corrected chi connectivity index (χ3v) is 5.59. The Kier molecular flexibility index (Phi) is 7.71. The molecule has 1 aliphatic heterocycles. The molecule has 0 unspecified atom stereocenters. The van der Waals surface area contributed by atoms with Crippen molar-refractivity contribution < 1.29 is 23.1 Å². The van der Waals surface area contributed by atoms with Crippen LogP contribution in [0.25, 0.3) is 10.1 Å². The summed E-state index contributed by atoms with van der Waals surface area (Å²) in [5, 5.41) is 11.1. The summed E-state index contributed by atoms with van der Waals surface area (Å²) in [7, 11) is 2.08. The average Bonchev–Trinajstić information content (AvgIpc) is 3.04. The van der Waals surface area contributed by atoms with Crippen molar-refractivity contribution in [1.29, 1.82) is 0 Å². The van der Waals surface area contributed by atoms with Gasteiger partial charge in [-0.05, 0) is 31.5 Å².